The van der Waals surface area contributed by atoms with Gasteiger partial charge in [-0.05, 0) is 37.0 Å². The third-order valence-corrected chi connectivity index (χ3v) is 4.52. The molecule has 140 valence electrons. The molecule has 9 heteroatoms. The number of ether oxygens (including phenoxy) is 1. The lowest BCUT2D eigenvalue weighted by atomic mass is 10.0. The summed E-state index contributed by atoms with van der Waals surface area (Å²) < 4.78 is 7.22. The Balaban J connectivity index is 0.00000121. The number of hydrogen-bond acceptors (Lipinski definition) is 5. The molecule has 0 unspecified atom stereocenters. The molecule has 1 aromatic carbocycles. The van der Waals surface area contributed by atoms with Gasteiger partial charge in [-0.2, -0.15) is 4.98 Å². The normalized spacial score (nSPS) is 14.5. The highest BCUT2D eigenvalue weighted by Gasteiger charge is 2.15. The zero-order chi connectivity index (χ0) is 16.4. The molecule has 0 saturated carbocycles. The third kappa shape index (κ3) is 4.57. The van der Waals surface area contributed by atoms with Gasteiger partial charge < -0.3 is 10.1 Å². The molecule has 1 saturated heterocycles. The van der Waals surface area contributed by atoms with E-state index in [-0.39, 0.29) is 24.8 Å². The van der Waals surface area contributed by atoms with Crippen molar-refractivity contribution in [2.24, 2.45) is 5.92 Å². The summed E-state index contributed by atoms with van der Waals surface area (Å²) in [6.45, 7) is 2.54. The van der Waals surface area contributed by atoms with Crippen LogP contribution in [-0.4, -0.2) is 39.3 Å². The van der Waals surface area contributed by atoms with Crippen molar-refractivity contribution in [2.45, 2.75) is 12.8 Å². The third-order valence-electron chi connectivity index (χ3n) is 4.28. The van der Waals surface area contributed by atoms with Crippen LogP contribution in [-0.2, 0) is 4.74 Å². The molecule has 0 radical (unpaired) electrons. The first kappa shape index (κ1) is 20.7. The molecule has 26 heavy (non-hydrogen) atoms. The Hall–Kier alpha value is -1.60. The lowest BCUT2D eigenvalue weighted by Gasteiger charge is -2.22. The van der Waals surface area contributed by atoms with Crippen LogP contribution >= 0.6 is 36.4 Å². The summed E-state index contributed by atoms with van der Waals surface area (Å²) in [7, 11) is 0. The topological polar surface area (TPSA) is 64.9 Å². The second-order valence-electron chi connectivity index (χ2n) is 5.94. The van der Waals surface area contributed by atoms with Crippen LogP contribution in [0.4, 0.5) is 5.82 Å². The molecule has 0 aliphatic carbocycles. The predicted octanol–water partition coefficient (Wildman–Crippen LogP) is 4.15. The molecular formula is C17H20Cl3N5O. The van der Waals surface area contributed by atoms with E-state index in [9.17, 15) is 0 Å². The molecule has 1 aliphatic rings. The maximum atomic E-state index is 6.16. The second-order valence-corrected chi connectivity index (χ2v) is 6.38. The molecule has 1 aliphatic heterocycles. The highest BCUT2D eigenvalue weighted by atomic mass is 35.5. The van der Waals surface area contributed by atoms with E-state index < -0.39 is 0 Å². The average Bonchev–Trinajstić information content (AvgIpc) is 3.15. The fourth-order valence-electron chi connectivity index (χ4n) is 2.91. The minimum Gasteiger partial charge on any atom is -0.381 e. The van der Waals surface area contributed by atoms with Crippen LogP contribution < -0.4 is 5.32 Å². The standard InChI is InChI=1S/C17H18ClN5O.2ClH/c18-13-1-2-15-14(9-13)16(20-10-12-3-7-24-8-4-12)22-17(21-15)23-6-5-19-11-23;;/h1-2,5-6,9,11-12H,3-4,7-8,10H2,(H,20,21,22);2*1H. The second kappa shape index (κ2) is 9.37. The van der Waals surface area contributed by atoms with Crippen molar-refractivity contribution in [1.82, 2.24) is 19.5 Å². The Kier molecular flexibility index (Phi) is 7.46. The maximum absolute atomic E-state index is 6.16. The fraction of sp³-hybridized carbons (Fsp3) is 0.353. The number of halogens is 3. The van der Waals surface area contributed by atoms with Gasteiger partial charge in [-0.1, -0.05) is 11.6 Å². The molecule has 4 rings (SSSR count). The van der Waals surface area contributed by atoms with Crippen molar-refractivity contribution in [1.29, 1.82) is 0 Å². The largest absolute Gasteiger partial charge is 0.381 e. The maximum Gasteiger partial charge on any atom is 0.237 e. The molecule has 0 bridgehead atoms. The Morgan fingerprint density at radius 1 is 1.19 bits per heavy atom. The van der Waals surface area contributed by atoms with E-state index in [1.807, 2.05) is 24.4 Å². The molecule has 6 nitrogen and oxygen atoms in total. The Labute approximate surface area is 169 Å². The molecule has 0 spiro atoms. The zero-order valence-corrected chi connectivity index (χ0v) is 16.4. The van der Waals surface area contributed by atoms with E-state index in [1.54, 1.807) is 17.1 Å². The van der Waals surface area contributed by atoms with Crippen LogP contribution in [0.2, 0.25) is 5.02 Å². The van der Waals surface area contributed by atoms with Crippen molar-refractivity contribution in [3.63, 3.8) is 0 Å². The SMILES string of the molecule is Cl.Cl.Clc1ccc2nc(-n3ccnc3)nc(NCC3CCOCC3)c2c1. The predicted molar refractivity (Wildman–Crippen MR) is 108 cm³/mol. The van der Waals surface area contributed by atoms with Gasteiger partial charge in [-0.3, -0.25) is 4.57 Å². The smallest absolute Gasteiger partial charge is 0.237 e. The van der Waals surface area contributed by atoms with Gasteiger partial charge in [0.05, 0.1) is 5.52 Å². The van der Waals surface area contributed by atoms with Gasteiger partial charge in [-0.25, -0.2) is 9.97 Å². The molecule has 3 aromatic rings. The quantitative estimate of drug-likeness (QED) is 0.692. The van der Waals surface area contributed by atoms with Crippen LogP contribution in [0.5, 0.6) is 0 Å². The van der Waals surface area contributed by atoms with E-state index in [0.29, 0.717) is 16.9 Å². The molecule has 1 fully saturated rings. The van der Waals surface area contributed by atoms with Crippen molar-refractivity contribution >= 4 is 53.1 Å². The van der Waals surface area contributed by atoms with Gasteiger partial charge in [0.1, 0.15) is 12.1 Å². The van der Waals surface area contributed by atoms with Gasteiger partial charge in [-0.15, -0.1) is 24.8 Å². The summed E-state index contributed by atoms with van der Waals surface area (Å²) in [4.78, 5) is 13.4. The summed E-state index contributed by atoms with van der Waals surface area (Å²) in [6, 6.07) is 5.66. The van der Waals surface area contributed by atoms with Crippen LogP contribution in [0.3, 0.4) is 0 Å². The summed E-state index contributed by atoms with van der Waals surface area (Å²) in [5.74, 6) is 1.99. The van der Waals surface area contributed by atoms with Gasteiger partial charge in [0.15, 0.2) is 0 Å². The first-order valence-electron chi connectivity index (χ1n) is 8.07. The van der Waals surface area contributed by atoms with Crippen molar-refractivity contribution in [3.8, 4) is 5.95 Å². The van der Waals surface area contributed by atoms with E-state index in [1.165, 1.54) is 0 Å². The van der Waals surface area contributed by atoms with Crippen LogP contribution in [0.15, 0.2) is 36.9 Å². The zero-order valence-electron chi connectivity index (χ0n) is 14.0. The van der Waals surface area contributed by atoms with E-state index in [2.05, 4.69) is 20.3 Å². The summed E-state index contributed by atoms with van der Waals surface area (Å²) in [5.41, 5.74) is 0.854. The average molecular weight is 417 g/mol. The molecule has 1 N–H and O–H groups in total. The summed E-state index contributed by atoms with van der Waals surface area (Å²) in [6.07, 6.45) is 7.39. The number of nitrogens with zero attached hydrogens (tertiary/aromatic N) is 4. The van der Waals surface area contributed by atoms with E-state index >= 15 is 0 Å². The minimum atomic E-state index is 0. The number of hydrogen-bond donors (Lipinski definition) is 1. The summed E-state index contributed by atoms with van der Waals surface area (Å²) in [5, 5.41) is 5.09. The van der Waals surface area contributed by atoms with E-state index in [4.69, 9.17) is 16.3 Å². The van der Waals surface area contributed by atoms with Crippen molar-refractivity contribution in [2.75, 3.05) is 25.1 Å². The number of fused-ring (bicyclic) bond motifs is 1. The van der Waals surface area contributed by atoms with Gasteiger partial charge in [0.25, 0.3) is 0 Å². The number of anilines is 1. The number of imidazole rings is 1. The molecular weight excluding hydrogens is 397 g/mol. The highest BCUT2D eigenvalue weighted by molar-refractivity contribution is 6.31. The number of benzene rings is 1. The first-order valence-corrected chi connectivity index (χ1v) is 8.44. The highest BCUT2D eigenvalue weighted by Crippen LogP contribution is 2.26. The molecule has 2 aromatic heterocycles. The Morgan fingerprint density at radius 3 is 2.73 bits per heavy atom. The number of aromatic nitrogens is 4. The molecule has 0 atom stereocenters. The Bertz CT molecular complexity index is 838. The molecule has 0 amide bonds. The first-order chi connectivity index (χ1) is 11.8. The monoisotopic (exact) mass is 415 g/mol. The van der Waals surface area contributed by atoms with Gasteiger partial charge in [0, 0.05) is 42.6 Å². The lowest BCUT2D eigenvalue weighted by molar-refractivity contribution is 0.0699. The van der Waals surface area contributed by atoms with Crippen LogP contribution in [0.25, 0.3) is 16.9 Å². The van der Waals surface area contributed by atoms with Gasteiger partial charge >= 0.3 is 0 Å². The fourth-order valence-corrected chi connectivity index (χ4v) is 3.08. The number of nitrogens with one attached hydrogen (secondary N) is 1. The summed E-state index contributed by atoms with van der Waals surface area (Å²) >= 11 is 6.16. The minimum absolute atomic E-state index is 0. The lowest BCUT2D eigenvalue weighted by Crippen LogP contribution is -2.23. The van der Waals surface area contributed by atoms with Gasteiger partial charge in [0.2, 0.25) is 5.95 Å². The Morgan fingerprint density at radius 2 is 2.00 bits per heavy atom. The van der Waals surface area contributed by atoms with Crippen molar-refractivity contribution in [3.05, 3.63) is 41.9 Å². The van der Waals surface area contributed by atoms with Crippen LogP contribution in [0.1, 0.15) is 12.8 Å². The van der Waals surface area contributed by atoms with Crippen molar-refractivity contribution < 1.29 is 4.74 Å². The van der Waals surface area contributed by atoms with Crippen LogP contribution in [0, 0.1) is 5.92 Å². The number of rotatable bonds is 4. The molecule has 3 heterocycles. The van der Waals surface area contributed by atoms with E-state index in [0.717, 1.165) is 49.3 Å².